The Morgan fingerprint density at radius 2 is 2.10 bits per heavy atom. The third-order valence-corrected chi connectivity index (χ3v) is 7.50. The summed E-state index contributed by atoms with van der Waals surface area (Å²) in [5, 5.41) is 8.09. The molecule has 4 heterocycles. The van der Waals surface area contributed by atoms with Crippen molar-refractivity contribution in [3.8, 4) is 0 Å². The maximum atomic E-state index is 13.2. The van der Waals surface area contributed by atoms with E-state index in [1.807, 2.05) is 4.90 Å². The van der Waals surface area contributed by atoms with Gasteiger partial charge in [-0.25, -0.2) is 4.98 Å². The summed E-state index contributed by atoms with van der Waals surface area (Å²) < 4.78 is 1.79. The standard InChI is InChI=1S/C21H25N5O2S/c1-3-14-12(2)29-19-17(14)20(27)26(11-22-19)13-7-9-25(10-8-13)21(28)18-15-5-4-6-16(15)23-24-18/h11,13H,3-10H2,1-2H3,(H,23,24). The summed E-state index contributed by atoms with van der Waals surface area (Å²) in [6.07, 6.45) is 7.07. The Morgan fingerprint density at radius 1 is 1.31 bits per heavy atom. The first-order valence-electron chi connectivity index (χ1n) is 10.4. The van der Waals surface area contributed by atoms with E-state index >= 15 is 0 Å². The number of nitrogens with zero attached hydrogens (tertiary/aromatic N) is 4. The van der Waals surface area contributed by atoms with Crippen molar-refractivity contribution in [1.29, 1.82) is 0 Å². The van der Waals surface area contributed by atoms with Crippen LogP contribution >= 0.6 is 11.3 Å². The Balaban J connectivity index is 1.36. The molecule has 1 aliphatic carbocycles. The molecule has 1 amide bonds. The number of carbonyl (C=O) groups is 1. The largest absolute Gasteiger partial charge is 0.337 e. The molecule has 3 aromatic heterocycles. The van der Waals surface area contributed by atoms with Crippen LogP contribution in [0.2, 0.25) is 0 Å². The normalized spacial score (nSPS) is 17.2. The second-order valence-electron chi connectivity index (χ2n) is 8.03. The fourth-order valence-electron chi connectivity index (χ4n) is 4.85. The SMILES string of the molecule is CCc1c(C)sc2ncn(C3CCN(C(=O)c4n[nH]c5c4CCC5)CC3)c(=O)c12. The van der Waals surface area contributed by atoms with Gasteiger partial charge in [0.1, 0.15) is 4.83 Å². The van der Waals surface area contributed by atoms with Gasteiger partial charge in [-0.2, -0.15) is 5.10 Å². The Hall–Kier alpha value is -2.48. The lowest BCUT2D eigenvalue weighted by atomic mass is 10.0. The van der Waals surface area contributed by atoms with Gasteiger partial charge in [0.25, 0.3) is 11.5 Å². The number of carbonyl (C=O) groups excluding carboxylic acids is 1. The van der Waals surface area contributed by atoms with Crippen LogP contribution in [0.4, 0.5) is 0 Å². The van der Waals surface area contributed by atoms with E-state index in [1.54, 1.807) is 22.2 Å². The summed E-state index contributed by atoms with van der Waals surface area (Å²) in [6, 6.07) is 0.0817. The lowest BCUT2D eigenvalue weighted by molar-refractivity contribution is 0.0686. The highest BCUT2D eigenvalue weighted by Crippen LogP contribution is 2.29. The first kappa shape index (κ1) is 18.5. The molecule has 1 N–H and O–H groups in total. The van der Waals surface area contributed by atoms with Gasteiger partial charge in [-0.1, -0.05) is 6.92 Å². The zero-order chi connectivity index (χ0) is 20.1. The number of rotatable bonds is 3. The molecule has 3 aromatic rings. The van der Waals surface area contributed by atoms with E-state index in [2.05, 4.69) is 29.0 Å². The minimum absolute atomic E-state index is 0.0190. The summed E-state index contributed by atoms with van der Waals surface area (Å²) in [4.78, 5) is 34.6. The average Bonchev–Trinajstić information content (AvgIpc) is 3.42. The minimum atomic E-state index is 0.0190. The van der Waals surface area contributed by atoms with E-state index in [0.29, 0.717) is 18.8 Å². The molecule has 0 atom stereocenters. The Kier molecular flexibility index (Phi) is 4.53. The number of nitrogens with one attached hydrogen (secondary N) is 1. The number of amides is 1. The Bertz CT molecular complexity index is 1150. The molecule has 1 fully saturated rings. The van der Waals surface area contributed by atoms with E-state index in [9.17, 15) is 9.59 Å². The van der Waals surface area contributed by atoms with E-state index in [-0.39, 0.29) is 17.5 Å². The van der Waals surface area contributed by atoms with Crippen molar-refractivity contribution in [3.05, 3.63) is 44.1 Å². The molecule has 7 nitrogen and oxygen atoms in total. The molecule has 0 aromatic carbocycles. The van der Waals surface area contributed by atoms with Gasteiger partial charge >= 0.3 is 0 Å². The number of fused-ring (bicyclic) bond motifs is 2. The van der Waals surface area contributed by atoms with Crippen LogP contribution in [0.25, 0.3) is 10.2 Å². The van der Waals surface area contributed by atoms with Crippen LogP contribution in [0.1, 0.15) is 64.4 Å². The molecule has 8 heteroatoms. The smallest absolute Gasteiger partial charge is 0.274 e. The minimum Gasteiger partial charge on any atom is -0.337 e. The maximum absolute atomic E-state index is 13.2. The number of H-pyrrole nitrogens is 1. The summed E-state index contributed by atoms with van der Waals surface area (Å²) in [5.41, 5.74) is 4.00. The van der Waals surface area contributed by atoms with Gasteiger partial charge in [-0.05, 0) is 51.0 Å². The zero-order valence-corrected chi connectivity index (χ0v) is 17.6. The summed E-state index contributed by atoms with van der Waals surface area (Å²) >= 11 is 1.60. The number of aromatic amines is 1. The van der Waals surface area contributed by atoms with E-state index < -0.39 is 0 Å². The zero-order valence-electron chi connectivity index (χ0n) is 16.8. The second kappa shape index (κ2) is 7.09. The third kappa shape index (κ3) is 2.92. The number of piperidine rings is 1. The molecule has 2 aliphatic rings. The summed E-state index contributed by atoms with van der Waals surface area (Å²) in [7, 11) is 0. The van der Waals surface area contributed by atoms with E-state index in [4.69, 9.17) is 0 Å². The maximum Gasteiger partial charge on any atom is 0.274 e. The molecule has 1 saturated heterocycles. The predicted octanol–water partition coefficient (Wildman–Crippen LogP) is 3.02. The monoisotopic (exact) mass is 411 g/mol. The third-order valence-electron chi connectivity index (χ3n) is 6.45. The van der Waals surface area contributed by atoms with Gasteiger partial charge in [0.2, 0.25) is 0 Å². The van der Waals surface area contributed by atoms with Crippen LogP contribution in [0.15, 0.2) is 11.1 Å². The topological polar surface area (TPSA) is 83.9 Å². The fourth-order valence-corrected chi connectivity index (χ4v) is 5.92. The van der Waals surface area contributed by atoms with Crippen LogP contribution in [-0.4, -0.2) is 43.6 Å². The quantitative estimate of drug-likeness (QED) is 0.718. The molecular weight excluding hydrogens is 386 g/mol. The van der Waals surface area contributed by atoms with Crippen molar-refractivity contribution in [2.45, 2.75) is 58.4 Å². The van der Waals surface area contributed by atoms with E-state index in [1.165, 1.54) is 4.88 Å². The van der Waals surface area contributed by atoms with Gasteiger partial charge in [-0.3, -0.25) is 19.3 Å². The van der Waals surface area contributed by atoms with Crippen LogP contribution in [0.3, 0.4) is 0 Å². The summed E-state index contributed by atoms with van der Waals surface area (Å²) in [6.45, 7) is 5.42. The predicted molar refractivity (Wildman–Crippen MR) is 113 cm³/mol. The molecule has 152 valence electrons. The summed E-state index contributed by atoms with van der Waals surface area (Å²) in [5.74, 6) is 0.0190. The van der Waals surface area contributed by atoms with Gasteiger partial charge in [0.05, 0.1) is 11.7 Å². The Labute approximate surface area is 172 Å². The van der Waals surface area contributed by atoms with E-state index in [0.717, 1.165) is 65.6 Å². The van der Waals surface area contributed by atoms with Crippen LogP contribution in [0.5, 0.6) is 0 Å². The highest BCUT2D eigenvalue weighted by atomic mass is 32.1. The number of aryl methyl sites for hydroxylation is 3. The molecule has 0 radical (unpaired) electrons. The fraction of sp³-hybridized carbons (Fsp3) is 0.524. The van der Waals surface area contributed by atoms with Gasteiger partial charge in [-0.15, -0.1) is 11.3 Å². The molecule has 0 saturated carbocycles. The lowest BCUT2D eigenvalue weighted by Gasteiger charge is -2.32. The van der Waals surface area contributed by atoms with Crippen molar-refractivity contribution < 1.29 is 4.79 Å². The van der Waals surface area contributed by atoms with Crippen molar-refractivity contribution >= 4 is 27.5 Å². The molecule has 0 bridgehead atoms. The number of thiophene rings is 1. The number of aromatic nitrogens is 4. The van der Waals surface area contributed by atoms with Crippen LogP contribution < -0.4 is 5.56 Å². The average molecular weight is 412 g/mol. The highest BCUT2D eigenvalue weighted by Gasteiger charge is 2.30. The Morgan fingerprint density at radius 3 is 2.86 bits per heavy atom. The van der Waals surface area contributed by atoms with Crippen LogP contribution in [0, 0.1) is 6.92 Å². The lowest BCUT2D eigenvalue weighted by Crippen LogP contribution is -2.41. The molecule has 1 aliphatic heterocycles. The number of likely N-dealkylation sites (tertiary alicyclic amines) is 1. The molecule has 29 heavy (non-hydrogen) atoms. The first-order valence-corrected chi connectivity index (χ1v) is 11.2. The van der Waals surface area contributed by atoms with Gasteiger partial charge < -0.3 is 4.90 Å². The van der Waals surface area contributed by atoms with Crippen LogP contribution in [-0.2, 0) is 19.3 Å². The van der Waals surface area contributed by atoms with Crippen molar-refractivity contribution in [3.63, 3.8) is 0 Å². The highest BCUT2D eigenvalue weighted by molar-refractivity contribution is 7.18. The number of hydrogen-bond acceptors (Lipinski definition) is 5. The molecule has 0 spiro atoms. The van der Waals surface area contributed by atoms with Crippen molar-refractivity contribution in [1.82, 2.24) is 24.6 Å². The van der Waals surface area contributed by atoms with Gasteiger partial charge in [0, 0.05) is 35.3 Å². The number of hydrogen-bond donors (Lipinski definition) is 1. The second-order valence-corrected chi connectivity index (χ2v) is 9.24. The van der Waals surface area contributed by atoms with Crippen molar-refractivity contribution in [2.24, 2.45) is 0 Å². The molecule has 0 unspecified atom stereocenters. The van der Waals surface area contributed by atoms with Crippen molar-refractivity contribution in [2.75, 3.05) is 13.1 Å². The van der Waals surface area contributed by atoms with Gasteiger partial charge in [0.15, 0.2) is 5.69 Å². The molecular formula is C21H25N5O2S. The first-order chi connectivity index (χ1) is 14.1. The molecule has 5 rings (SSSR count).